The number of carbonyl (C=O) groups is 2. The maximum atomic E-state index is 13.7. The van der Waals surface area contributed by atoms with Crippen molar-refractivity contribution in [2.24, 2.45) is 5.73 Å². The molecule has 2 aromatic carbocycles. The summed E-state index contributed by atoms with van der Waals surface area (Å²) < 4.78 is 7.83. The van der Waals surface area contributed by atoms with Crippen molar-refractivity contribution in [2.75, 3.05) is 17.8 Å². The van der Waals surface area contributed by atoms with Crippen LogP contribution in [0.2, 0.25) is 0 Å². The first kappa shape index (κ1) is 24.4. The zero-order valence-electron chi connectivity index (χ0n) is 18.7. The fourth-order valence-corrected chi connectivity index (χ4v) is 7.78. The predicted molar refractivity (Wildman–Crippen MR) is 141 cm³/mol. The molecule has 1 aromatic heterocycles. The van der Waals surface area contributed by atoms with Crippen molar-refractivity contribution in [2.45, 2.75) is 26.2 Å². The molecule has 2 atom stereocenters. The van der Waals surface area contributed by atoms with E-state index in [1.807, 2.05) is 66.9 Å². The average Bonchev–Trinajstić information content (AvgIpc) is 3.38. The Balaban J connectivity index is 1.45. The SMILES string of the molecule is CSc1nnc(SCC2=C(C(=O)OC(c3ccccc3)c3ccccc3)N3C(=O)C(N)[C@@H]3SC2)s1. The summed E-state index contributed by atoms with van der Waals surface area (Å²) >= 11 is 6.14. The van der Waals surface area contributed by atoms with E-state index in [4.69, 9.17) is 10.5 Å². The van der Waals surface area contributed by atoms with Gasteiger partial charge in [-0.05, 0) is 23.0 Å². The zero-order chi connectivity index (χ0) is 24.4. The van der Waals surface area contributed by atoms with Crippen molar-refractivity contribution >= 4 is 58.5 Å². The number of hydrogen-bond acceptors (Lipinski definition) is 10. The van der Waals surface area contributed by atoms with Gasteiger partial charge in [-0.2, -0.15) is 0 Å². The molecule has 1 fully saturated rings. The molecule has 3 aromatic rings. The monoisotopic (exact) mass is 542 g/mol. The second-order valence-electron chi connectivity index (χ2n) is 7.82. The number of rotatable bonds is 8. The van der Waals surface area contributed by atoms with E-state index >= 15 is 0 Å². The summed E-state index contributed by atoms with van der Waals surface area (Å²) in [7, 11) is 0. The number of esters is 1. The molecule has 1 amide bonds. The molecule has 7 nitrogen and oxygen atoms in total. The van der Waals surface area contributed by atoms with E-state index in [-0.39, 0.29) is 11.3 Å². The Labute approximate surface area is 219 Å². The van der Waals surface area contributed by atoms with Gasteiger partial charge >= 0.3 is 5.97 Å². The summed E-state index contributed by atoms with van der Waals surface area (Å²) in [5.41, 5.74) is 8.89. The maximum Gasteiger partial charge on any atom is 0.356 e. The molecule has 1 unspecified atom stereocenters. The number of nitrogens with zero attached hydrogens (tertiary/aromatic N) is 3. The van der Waals surface area contributed by atoms with Crippen molar-refractivity contribution in [3.8, 4) is 0 Å². The minimum Gasteiger partial charge on any atom is -0.448 e. The highest BCUT2D eigenvalue weighted by Gasteiger charge is 2.52. The van der Waals surface area contributed by atoms with E-state index in [1.54, 1.807) is 23.5 Å². The van der Waals surface area contributed by atoms with E-state index in [9.17, 15) is 9.59 Å². The number of thioether (sulfide) groups is 3. The summed E-state index contributed by atoms with van der Waals surface area (Å²) in [6.45, 7) is 0. The van der Waals surface area contributed by atoms with Gasteiger partial charge in [-0.3, -0.25) is 9.69 Å². The van der Waals surface area contributed by atoms with Gasteiger partial charge in [0, 0.05) is 11.5 Å². The van der Waals surface area contributed by atoms with Crippen molar-refractivity contribution in [1.82, 2.24) is 15.1 Å². The lowest BCUT2D eigenvalue weighted by Crippen LogP contribution is -2.68. The van der Waals surface area contributed by atoms with E-state index < -0.39 is 18.1 Å². The van der Waals surface area contributed by atoms with Crippen LogP contribution in [0.4, 0.5) is 0 Å². The van der Waals surface area contributed by atoms with Gasteiger partial charge in [0.2, 0.25) is 5.91 Å². The molecule has 5 rings (SSSR count). The van der Waals surface area contributed by atoms with Gasteiger partial charge in [0.1, 0.15) is 17.1 Å². The van der Waals surface area contributed by atoms with Gasteiger partial charge in [0.15, 0.2) is 14.8 Å². The van der Waals surface area contributed by atoms with Gasteiger partial charge in [-0.15, -0.1) is 22.0 Å². The number of amides is 1. The highest BCUT2D eigenvalue weighted by molar-refractivity contribution is 8.03. The Kier molecular flexibility index (Phi) is 7.49. The third-order valence-electron chi connectivity index (χ3n) is 5.64. The average molecular weight is 543 g/mol. The fourth-order valence-electron chi connectivity index (χ4n) is 3.91. The lowest BCUT2D eigenvalue weighted by atomic mass is 10.0. The number of β-lactam (4-membered cyclic amide) rings is 1. The van der Waals surface area contributed by atoms with Gasteiger partial charge in [0.25, 0.3) is 0 Å². The molecule has 0 spiro atoms. The predicted octanol–water partition coefficient (Wildman–Crippen LogP) is 4.18. The molecule has 11 heteroatoms. The molecular formula is C24H22N4O3S4. The topological polar surface area (TPSA) is 98.4 Å². The molecule has 2 aliphatic heterocycles. The number of aromatic nitrogens is 2. The van der Waals surface area contributed by atoms with Crippen molar-refractivity contribution in [3.63, 3.8) is 0 Å². The van der Waals surface area contributed by atoms with E-state index in [0.717, 1.165) is 25.4 Å². The largest absolute Gasteiger partial charge is 0.448 e. The number of benzene rings is 2. The molecule has 0 radical (unpaired) electrons. The van der Waals surface area contributed by atoms with Crippen LogP contribution in [0.15, 0.2) is 80.6 Å². The molecule has 0 bridgehead atoms. The first-order valence-corrected chi connectivity index (χ1v) is 14.9. The zero-order valence-corrected chi connectivity index (χ0v) is 22.0. The minimum atomic E-state index is -0.608. The highest BCUT2D eigenvalue weighted by Crippen LogP contribution is 2.42. The number of nitrogens with two attached hydrogens (primary N) is 1. The summed E-state index contributed by atoms with van der Waals surface area (Å²) in [4.78, 5) is 27.9. The fraction of sp³-hybridized carbons (Fsp3) is 0.250. The first-order valence-electron chi connectivity index (χ1n) is 10.8. The molecule has 0 aliphatic carbocycles. The summed E-state index contributed by atoms with van der Waals surface area (Å²) in [6.07, 6.45) is 1.36. The second-order valence-corrected chi connectivity index (χ2v) is 12.2. The lowest BCUT2D eigenvalue weighted by molar-refractivity contribution is -0.153. The molecule has 0 saturated carbocycles. The normalized spacial score (nSPS) is 19.5. The van der Waals surface area contributed by atoms with Crippen LogP contribution in [0.5, 0.6) is 0 Å². The van der Waals surface area contributed by atoms with Gasteiger partial charge in [-0.1, -0.05) is 95.5 Å². The Morgan fingerprint density at radius 1 is 1.11 bits per heavy atom. The quantitative estimate of drug-likeness (QED) is 0.255. The van der Waals surface area contributed by atoms with E-state index in [0.29, 0.717) is 17.2 Å². The maximum absolute atomic E-state index is 13.7. The summed E-state index contributed by atoms with van der Waals surface area (Å²) in [5.74, 6) is 0.321. The van der Waals surface area contributed by atoms with Crippen LogP contribution in [0, 0.1) is 0 Å². The molecule has 1 saturated heterocycles. The van der Waals surface area contributed by atoms with Gasteiger partial charge < -0.3 is 10.5 Å². The summed E-state index contributed by atoms with van der Waals surface area (Å²) in [6, 6.07) is 18.6. The Hall–Kier alpha value is -2.31. The smallest absolute Gasteiger partial charge is 0.356 e. The molecule has 2 N–H and O–H groups in total. The van der Waals surface area contributed by atoms with Crippen LogP contribution in [-0.2, 0) is 14.3 Å². The standard InChI is InChI=1S/C24H22N4O3S4/c1-32-23-26-27-24(35-23)34-13-16-12-33-21-17(25)20(29)28(21)18(16)22(30)31-19(14-8-4-2-5-9-14)15-10-6-3-7-11-15/h2-11,17,19,21H,12-13,25H2,1H3/t17?,21-/m0/s1. The molecule has 35 heavy (non-hydrogen) atoms. The number of carbonyl (C=O) groups excluding carboxylic acids is 2. The van der Waals surface area contributed by atoms with Crippen LogP contribution < -0.4 is 5.73 Å². The molecule has 3 heterocycles. The Bertz CT molecular complexity index is 1210. The molecular weight excluding hydrogens is 521 g/mol. The lowest BCUT2D eigenvalue weighted by Gasteiger charge is -2.48. The van der Waals surface area contributed by atoms with Crippen molar-refractivity contribution in [3.05, 3.63) is 83.1 Å². The van der Waals surface area contributed by atoms with Gasteiger partial charge in [-0.25, -0.2) is 4.79 Å². The van der Waals surface area contributed by atoms with Gasteiger partial charge in [0.05, 0.1) is 0 Å². The Morgan fingerprint density at radius 3 is 2.34 bits per heavy atom. The van der Waals surface area contributed by atoms with E-state index in [2.05, 4.69) is 10.2 Å². The van der Waals surface area contributed by atoms with Crippen molar-refractivity contribution in [1.29, 1.82) is 0 Å². The van der Waals surface area contributed by atoms with Crippen LogP contribution in [0.3, 0.4) is 0 Å². The summed E-state index contributed by atoms with van der Waals surface area (Å²) in [5, 5.41) is 8.09. The third kappa shape index (κ3) is 5.01. The van der Waals surface area contributed by atoms with Crippen LogP contribution in [-0.4, -0.2) is 56.2 Å². The molecule has 2 aliphatic rings. The second kappa shape index (κ2) is 10.8. The Morgan fingerprint density at radius 2 is 1.74 bits per heavy atom. The highest BCUT2D eigenvalue weighted by atomic mass is 32.2. The number of ether oxygens (including phenoxy) is 1. The molecule has 180 valence electrons. The van der Waals surface area contributed by atoms with Crippen LogP contribution >= 0.6 is 46.6 Å². The van der Waals surface area contributed by atoms with Crippen LogP contribution in [0.25, 0.3) is 0 Å². The number of fused-ring (bicyclic) bond motifs is 1. The first-order chi connectivity index (χ1) is 17.1. The van der Waals surface area contributed by atoms with Crippen LogP contribution in [0.1, 0.15) is 17.2 Å². The number of hydrogen-bond donors (Lipinski definition) is 1. The van der Waals surface area contributed by atoms with Crippen molar-refractivity contribution < 1.29 is 14.3 Å². The third-order valence-corrected chi connectivity index (χ3v) is 10.1. The minimum absolute atomic E-state index is 0.254. The van der Waals surface area contributed by atoms with E-state index in [1.165, 1.54) is 28.0 Å².